The van der Waals surface area contributed by atoms with Crippen molar-refractivity contribution in [1.82, 2.24) is 14.7 Å². The molecule has 1 aliphatic heterocycles. The molecule has 0 atom stereocenters. The first-order valence-corrected chi connectivity index (χ1v) is 9.95. The van der Waals surface area contributed by atoms with Crippen LogP contribution in [-0.4, -0.2) is 38.6 Å². The minimum atomic E-state index is -0.512. The molecular weight excluding hydrogens is 386 g/mol. The van der Waals surface area contributed by atoms with Crippen molar-refractivity contribution in [3.63, 3.8) is 0 Å². The molecule has 0 aliphatic carbocycles. The maximum Gasteiger partial charge on any atom is 0.307 e. The van der Waals surface area contributed by atoms with Crippen molar-refractivity contribution in [2.45, 2.75) is 32.4 Å². The van der Waals surface area contributed by atoms with E-state index >= 15 is 0 Å². The van der Waals surface area contributed by atoms with E-state index in [1.807, 2.05) is 24.3 Å². The van der Waals surface area contributed by atoms with Crippen molar-refractivity contribution in [3.05, 3.63) is 76.0 Å². The number of carbonyl (C=O) groups is 1. The number of amides is 1. The van der Waals surface area contributed by atoms with Gasteiger partial charge in [0.1, 0.15) is 18.2 Å². The van der Waals surface area contributed by atoms with Crippen LogP contribution in [0.3, 0.4) is 0 Å². The summed E-state index contributed by atoms with van der Waals surface area (Å²) in [6.07, 6.45) is 6.32. The summed E-state index contributed by atoms with van der Waals surface area (Å²) in [4.78, 5) is 25.1. The number of nitro groups is 1. The van der Waals surface area contributed by atoms with Gasteiger partial charge in [0.25, 0.3) is 5.91 Å². The van der Waals surface area contributed by atoms with Crippen molar-refractivity contribution < 1.29 is 14.1 Å². The lowest BCUT2D eigenvalue weighted by Crippen LogP contribution is -2.29. The number of piperidine rings is 1. The van der Waals surface area contributed by atoms with E-state index in [-0.39, 0.29) is 23.9 Å². The summed E-state index contributed by atoms with van der Waals surface area (Å²) in [6, 6.07) is 11.1. The number of nitrogens with zero attached hydrogens (tertiary/aromatic N) is 4. The summed E-state index contributed by atoms with van der Waals surface area (Å²) in [7, 11) is 0. The fraction of sp³-hybridized carbons (Fsp3) is 0.333. The Bertz CT molecular complexity index is 1020. The number of nitrogens with one attached hydrogen (secondary N) is 1. The second-order valence-corrected chi connectivity index (χ2v) is 7.41. The molecule has 1 N–H and O–H groups in total. The Kier molecular flexibility index (Phi) is 5.89. The van der Waals surface area contributed by atoms with Gasteiger partial charge in [0, 0.05) is 12.2 Å². The van der Waals surface area contributed by atoms with Gasteiger partial charge < -0.3 is 9.73 Å². The summed E-state index contributed by atoms with van der Waals surface area (Å²) in [5.74, 6) is 0.301. The summed E-state index contributed by atoms with van der Waals surface area (Å²) < 4.78 is 6.95. The lowest BCUT2D eigenvalue weighted by atomic mass is 10.1. The van der Waals surface area contributed by atoms with Gasteiger partial charge >= 0.3 is 5.69 Å². The zero-order valence-corrected chi connectivity index (χ0v) is 16.5. The molecular formula is C21H23N5O4. The van der Waals surface area contributed by atoms with Gasteiger partial charge in [-0.1, -0.05) is 18.6 Å². The van der Waals surface area contributed by atoms with E-state index in [1.165, 1.54) is 41.9 Å². The smallest absolute Gasteiger partial charge is 0.307 e. The van der Waals surface area contributed by atoms with Crippen LogP contribution in [-0.2, 0) is 13.1 Å². The number of hydrogen-bond donors (Lipinski definition) is 1. The molecule has 1 amide bonds. The molecule has 9 nitrogen and oxygen atoms in total. The number of rotatable bonds is 7. The Morgan fingerprint density at radius 3 is 2.57 bits per heavy atom. The van der Waals surface area contributed by atoms with E-state index < -0.39 is 4.92 Å². The molecule has 0 spiro atoms. The normalized spacial score (nSPS) is 14.5. The minimum Gasteiger partial charge on any atom is -0.454 e. The van der Waals surface area contributed by atoms with Crippen LogP contribution in [0.25, 0.3) is 0 Å². The number of furan rings is 1. The molecule has 1 fully saturated rings. The van der Waals surface area contributed by atoms with Crippen molar-refractivity contribution in [3.8, 4) is 0 Å². The molecule has 0 radical (unpaired) electrons. The van der Waals surface area contributed by atoms with Crippen LogP contribution in [0, 0.1) is 10.1 Å². The molecule has 2 aromatic heterocycles. The first-order chi connectivity index (χ1) is 14.6. The van der Waals surface area contributed by atoms with E-state index in [2.05, 4.69) is 15.3 Å². The average Bonchev–Trinajstić information content (AvgIpc) is 3.41. The van der Waals surface area contributed by atoms with E-state index in [9.17, 15) is 14.9 Å². The molecule has 156 valence electrons. The van der Waals surface area contributed by atoms with Crippen molar-refractivity contribution in [2.75, 3.05) is 18.4 Å². The molecule has 0 unspecified atom stereocenters. The highest BCUT2D eigenvalue weighted by Crippen LogP contribution is 2.17. The lowest BCUT2D eigenvalue weighted by Gasteiger charge is -2.26. The topological polar surface area (TPSA) is 106 Å². The zero-order valence-electron chi connectivity index (χ0n) is 16.5. The monoisotopic (exact) mass is 409 g/mol. The Labute approximate surface area is 173 Å². The van der Waals surface area contributed by atoms with Crippen LogP contribution in [0.2, 0.25) is 0 Å². The van der Waals surface area contributed by atoms with Crippen LogP contribution < -0.4 is 5.32 Å². The number of hydrogen-bond acceptors (Lipinski definition) is 6. The van der Waals surface area contributed by atoms with Gasteiger partial charge in [-0.15, -0.1) is 0 Å². The van der Waals surface area contributed by atoms with Gasteiger partial charge in [0.2, 0.25) is 0 Å². The van der Waals surface area contributed by atoms with Crippen molar-refractivity contribution in [1.29, 1.82) is 0 Å². The summed E-state index contributed by atoms with van der Waals surface area (Å²) in [5.41, 5.74) is 1.83. The molecule has 1 aromatic carbocycles. The van der Waals surface area contributed by atoms with Crippen LogP contribution in [0.5, 0.6) is 0 Å². The van der Waals surface area contributed by atoms with Crippen molar-refractivity contribution >= 4 is 17.3 Å². The largest absolute Gasteiger partial charge is 0.454 e. The SMILES string of the molecule is O=C(Nc1ccc(CN2CCCCC2)cc1)c1ccc(Cn2cc([N+](=O)[O-])cn2)o1. The van der Waals surface area contributed by atoms with Crippen LogP contribution >= 0.6 is 0 Å². The molecule has 1 aliphatic rings. The third kappa shape index (κ3) is 4.93. The maximum atomic E-state index is 12.5. The van der Waals surface area contributed by atoms with Crippen LogP contribution in [0.1, 0.15) is 41.1 Å². The second-order valence-electron chi connectivity index (χ2n) is 7.41. The third-order valence-electron chi connectivity index (χ3n) is 5.10. The Hall–Kier alpha value is -3.46. The molecule has 0 bridgehead atoms. The second kappa shape index (κ2) is 8.91. The minimum absolute atomic E-state index is 0.0942. The lowest BCUT2D eigenvalue weighted by molar-refractivity contribution is -0.385. The van der Waals surface area contributed by atoms with E-state index in [1.54, 1.807) is 12.1 Å². The van der Waals surface area contributed by atoms with E-state index in [0.29, 0.717) is 11.4 Å². The fourth-order valence-corrected chi connectivity index (χ4v) is 3.54. The predicted octanol–water partition coefficient (Wildman–Crippen LogP) is 3.67. The van der Waals surface area contributed by atoms with Gasteiger partial charge in [-0.05, 0) is 55.8 Å². The summed E-state index contributed by atoms with van der Waals surface area (Å²) in [6.45, 7) is 3.42. The quantitative estimate of drug-likeness (QED) is 0.471. The van der Waals surface area contributed by atoms with Gasteiger partial charge in [-0.2, -0.15) is 5.10 Å². The third-order valence-corrected chi connectivity index (χ3v) is 5.10. The fourth-order valence-electron chi connectivity index (χ4n) is 3.54. The summed E-state index contributed by atoms with van der Waals surface area (Å²) >= 11 is 0. The molecule has 1 saturated heterocycles. The van der Waals surface area contributed by atoms with Crippen LogP contribution in [0.15, 0.2) is 53.2 Å². The highest BCUT2D eigenvalue weighted by atomic mass is 16.6. The average molecular weight is 409 g/mol. The van der Waals surface area contributed by atoms with E-state index in [0.717, 1.165) is 19.6 Å². The predicted molar refractivity (Wildman–Crippen MR) is 110 cm³/mol. The first kappa shape index (κ1) is 19.8. The molecule has 3 aromatic rings. The summed E-state index contributed by atoms with van der Waals surface area (Å²) in [5, 5.41) is 17.5. The zero-order chi connectivity index (χ0) is 20.9. The van der Waals surface area contributed by atoms with Gasteiger partial charge in [-0.3, -0.25) is 24.5 Å². The standard InChI is InChI=1S/C21H23N5O4/c27-21(20-9-8-19(30-20)15-25-14-18(12-22-25)26(28)29)23-17-6-4-16(5-7-17)13-24-10-2-1-3-11-24/h4-9,12,14H,1-3,10-11,13,15H2,(H,23,27). The number of likely N-dealkylation sites (tertiary alicyclic amines) is 1. The molecule has 30 heavy (non-hydrogen) atoms. The van der Waals surface area contributed by atoms with Gasteiger partial charge in [0.05, 0.1) is 11.5 Å². The Balaban J connectivity index is 1.32. The van der Waals surface area contributed by atoms with Crippen molar-refractivity contribution in [2.24, 2.45) is 0 Å². The number of carbonyl (C=O) groups excluding carboxylic acids is 1. The molecule has 4 rings (SSSR count). The highest BCUT2D eigenvalue weighted by Gasteiger charge is 2.14. The first-order valence-electron chi connectivity index (χ1n) is 9.95. The van der Waals surface area contributed by atoms with Crippen LogP contribution in [0.4, 0.5) is 11.4 Å². The Morgan fingerprint density at radius 2 is 1.87 bits per heavy atom. The Morgan fingerprint density at radius 1 is 1.10 bits per heavy atom. The maximum absolute atomic E-state index is 12.5. The van der Waals surface area contributed by atoms with E-state index in [4.69, 9.17) is 4.42 Å². The highest BCUT2D eigenvalue weighted by molar-refractivity contribution is 6.02. The number of anilines is 1. The molecule has 9 heteroatoms. The molecule has 3 heterocycles. The molecule has 0 saturated carbocycles. The van der Waals surface area contributed by atoms with Gasteiger partial charge in [0.15, 0.2) is 5.76 Å². The number of aromatic nitrogens is 2. The van der Waals surface area contributed by atoms with Gasteiger partial charge in [-0.25, -0.2) is 0 Å². The number of benzene rings is 1.